The van der Waals surface area contributed by atoms with Crippen LogP contribution in [0.25, 0.3) is 0 Å². The first-order valence-corrected chi connectivity index (χ1v) is 11.9. The molecule has 2 heterocycles. The van der Waals surface area contributed by atoms with E-state index in [2.05, 4.69) is 20.4 Å². The number of benzene rings is 1. The summed E-state index contributed by atoms with van der Waals surface area (Å²) in [5.41, 5.74) is -5.16. The summed E-state index contributed by atoms with van der Waals surface area (Å²) in [6.45, 7) is 7.61. The van der Waals surface area contributed by atoms with Crippen LogP contribution in [-0.2, 0) is 20.2 Å². The van der Waals surface area contributed by atoms with E-state index in [1.807, 2.05) is 25.7 Å². The van der Waals surface area contributed by atoms with Gasteiger partial charge in [0.25, 0.3) is 5.13 Å². The topological polar surface area (TPSA) is 126 Å². The van der Waals surface area contributed by atoms with E-state index < -0.39 is 32.6 Å². The number of anilines is 2. The molecular formula is C18H21F3N6O4S2. The standard InChI is InChI=1S/C18H21F3N6O4S2/c1-6-31-15(28)14-23-25-16(32-14)24-22-11-7-10-13(27(5)9(2)17(10,3)4)8-12(11)26-33(29,30)18(19,20)21/h7-9,26H,6H2,1-5H3. The molecule has 1 unspecified atom stereocenters. The number of hydrogen-bond acceptors (Lipinski definition) is 10. The van der Waals surface area contributed by atoms with Gasteiger partial charge in [-0.3, -0.25) is 4.72 Å². The lowest BCUT2D eigenvalue weighted by Crippen LogP contribution is -2.36. The van der Waals surface area contributed by atoms with E-state index >= 15 is 0 Å². The van der Waals surface area contributed by atoms with Crippen LogP contribution in [0.4, 0.5) is 35.4 Å². The third-order valence-corrected chi connectivity index (χ3v) is 7.36. The first kappa shape index (κ1) is 24.8. The number of ether oxygens (including phenoxy) is 1. The van der Waals surface area contributed by atoms with E-state index in [0.29, 0.717) is 5.69 Å². The molecule has 0 saturated carbocycles. The monoisotopic (exact) mass is 506 g/mol. The van der Waals surface area contributed by atoms with Gasteiger partial charge in [-0.1, -0.05) is 25.2 Å². The van der Waals surface area contributed by atoms with Crippen LogP contribution in [-0.4, -0.2) is 49.8 Å². The number of rotatable bonds is 6. The molecule has 1 aromatic heterocycles. The minimum absolute atomic E-state index is 0.0259. The Bertz CT molecular complexity index is 1210. The van der Waals surface area contributed by atoms with Crippen molar-refractivity contribution in [3.8, 4) is 0 Å². The number of hydrogen-bond donors (Lipinski definition) is 1. The van der Waals surface area contributed by atoms with Gasteiger partial charge in [0.2, 0.25) is 5.01 Å². The zero-order valence-corrected chi connectivity index (χ0v) is 19.9. The molecule has 0 bridgehead atoms. The van der Waals surface area contributed by atoms with E-state index in [0.717, 1.165) is 16.9 Å². The lowest BCUT2D eigenvalue weighted by Gasteiger charge is -2.28. The minimum Gasteiger partial charge on any atom is -0.461 e. The summed E-state index contributed by atoms with van der Waals surface area (Å²) in [4.78, 5) is 13.6. The third kappa shape index (κ3) is 4.64. The molecular weight excluding hydrogens is 485 g/mol. The van der Waals surface area contributed by atoms with Gasteiger partial charge in [0.15, 0.2) is 0 Å². The molecule has 0 aliphatic carbocycles. The number of esters is 1. The minimum atomic E-state index is -5.70. The van der Waals surface area contributed by atoms with Gasteiger partial charge in [-0.25, -0.2) is 4.79 Å². The summed E-state index contributed by atoms with van der Waals surface area (Å²) in [6, 6.07) is 2.75. The van der Waals surface area contributed by atoms with E-state index in [1.54, 1.807) is 18.7 Å². The van der Waals surface area contributed by atoms with Crippen molar-refractivity contribution in [2.45, 2.75) is 44.7 Å². The van der Waals surface area contributed by atoms with Gasteiger partial charge in [-0.15, -0.1) is 20.4 Å². The molecule has 0 radical (unpaired) electrons. The second-order valence-electron chi connectivity index (χ2n) is 7.76. The van der Waals surface area contributed by atoms with Crippen molar-refractivity contribution in [2.75, 3.05) is 23.3 Å². The summed E-state index contributed by atoms with van der Waals surface area (Å²) in [5, 5.41) is 14.9. The van der Waals surface area contributed by atoms with E-state index in [4.69, 9.17) is 4.74 Å². The maximum Gasteiger partial charge on any atom is 0.516 e. The van der Waals surface area contributed by atoms with Crippen LogP contribution in [0, 0.1) is 0 Å². The zero-order chi connectivity index (χ0) is 24.8. The largest absolute Gasteiger partial charge is 0.516 e. The normalized spacial score (nSPS) is 17.9. The summed E-state index contributed by atoms with van der Waals surface area (Å²) in [5.74, 6) is -0.702. The number of likely N-dealkylation sites (N-methyl/N-ethyl adjacent to an activating group) is 1. The van der Waals surface area contributed by atoms with Crippen LogP contribution in [0.15, 0.2) is 22.4 Å². The number of halogens is 3. The van der Waals surface area contributed by atoms with Crippen molar-refractivity contribution < 1.29 is 31.1 Å². The SMILES string of the molecule is CCOC(=O)c1nnc(N=Nc2cc3c(cc2NS(=O)(=O)C(F)(F)F)N(C)C(C)C3(C)C)s1. The summed E-state index contributed by atoms with van der Waals surface area (Å²) in [7, 11) is -3.94. The molecule has 180 valence electrons. The molecule has 10 nitrogen and oxygen atoms in total. The van der Waals surface area contributed by atoms with Crippen LogP contribution in [0.5, 0.6) is 0 Å². The average molecular weight is 507 g/mol. The number of carbonyl (C=O) groups excluding carboxylic acids is 1. The maximum absolute atomic E-state index is 13.0. The van der Waals surface area contributed by atoms with Crippen LogP contribution in [0.1, 0.15) is 43.1 Å². The fraction of sp³-hybridized carbons (Fsp3) is 0.500. The Hall–Kier alpha value is -2.81. The van der Waals surface area contributed by atoms with Gasteiger partial charge >= 0.3 is 21.5 Å². The Morgan fingerprint density at radius 1 is 1.30 bits per heavy atom. The predicted molar refractivity (Wildman–Crippen MR) is 116 cm³/mol. The van der Waals surface area contributed by atoms with Crippen LogP contribution >= 0.6 is 11.3 Å². The maximum atomic E-state index is 13.0. The van der Waals surface area contributed by atoms with Gasteiger partial charge in [0.1, 0.15) is 5.69 Å². The Kier molecular flexibility index (Phi) is 6.41. The predicted octanol–water partition coefficient (Wildman–Crippen LogP) is 4.51. The van der Waals surface area contributed by atoms with Crippen molar-refractivity contribution in [3.63, 3.8) is 0 Å². The van der Waals surface area contributed by atoms with E-state index in [9.17, 15) is 26.4 Å². The average Bonchev–Trinajstić information content (AvgIpc) is 3.24. The number of nitrogens with zero attached hydrogens (tertiary/aromatic N) is 5. The molecule has 15 heteroatoms. The highest BCUT2D eigenvalue weighted by atomic mass is 32.2. The summed E-state index contributed by atoms with van der Waals surface area (Å²) >= 11 is 0.765. The van der Waals surface area contributed by atoms with Gasteiger partial charge in [0.05, 0.1) is 12.3 Å². The van der Waals surface area contributed by atoms with E-state index in [-0.39, 0.29) is 28.5 Å². The van der Waals surface area contributed by atoms with Crippen molar-refractivity contribution >= 4 is 49.5 Å². The fourth-order valence-electron chi connectivity index (χ4n) is 3.30. The van der Waals surface area contributed by atoms with Gasteiger partial charge in [-0.05, 0) is 31.5 Å². The molecule has 0 amide bonds. The lowest BCUT2D eigenvalue weighted by molar-refractivity contribution is -0.0429. The van der Waals surface area contributed by atoms with Gasteiger partial charge in [0, 0.05) is 24.2 Å². The number of carbonyl (C=O) groups is 1. The molecule has 2 aromatic rings. The molecule has 1 aromatic carbocycles. The highest BCUT2D eigenvalue weighted by Gasteiger charge is 2.47. The number of sulfonamides is 1. The van der Waals surface area contributed by atoms with Crippen LogP contribution < -0.4 is 9.62 Å². The lowest BCUT2D eigenvalue weighted by atomic mass is 9.81. The third-order valence-electron chi connectivity index (χ3n) is 5.47. The second-order valence-corrected chi connectivity index (χ2v) is 10.4. The van der Waals surface area contributed by atoms with E-state index in [1.165, 1.54) is 12.1 Å². The summed E-state index contributed by atoms with van der Waals surface area (Å²) < 4.78 is 68.9. The number of azo groups is 1. The highest BCUT2D eigenvalue weighted by molar-refractivity contribution is 7.93. The Labute approximate surface area is 191 Å². The molecule has 3 rings (SSSR count). The Morgan fingerprint density at radius 3 is 2.58 bits per heavy atom. The van der Waals surface area contributed by atoms with Crippen molar-refractivity contribution in [1.82, 2.24) is 10.2 Å². The number of aromatic nitrogens is 2. The van der Waals surface area contributed by atoms with Gasteiger partial charge < -0.3 is 9.64 Å². The van der Waals surface area contributed by atoms with Gasteiger partial charge in [-0.2, -0.15) is 21.6 Å². The number of nitrogens with one attached hydrogen (secondary N) is 1. The molecule has 1 atom stereocenters. The summed E-state index contributed by atoms with van der Waals surface area (Å²) in [6.07, 6.45) is 0. The molecule has 1 N–H and O–H groups in total. The van der Waals surface area contributed by atoms with Crippen molar-refractivity contribution in [3.05, 3.63) is 22.7 Å². The Balaban J connectivity index is 2.07. The first-order chi connectivity index (χ1) is 15.2. The Morgan fingerprint density at radius 2 is 1.97 bits per heavy atom. The quantitative estimate of drug-likeness (QED) is 0.451. The molecule has 33 heavy (non-hydrogen) atoms. The second kappa shape index (κ2) is 8.52. The molecule has 0 saturated heterocycles. The zero-order valence-electron chi connectivity index (χ0n) is 18.3. The smallest absolute Gasteiger partial charge is 0.461 e. The highest BCUT2D eigenvalue weighted by Crippen LogP contribution is 2.48. The fourth-order valence-corrected chi connectivity index (χ4v) is 4.43. The van der Waals surface area contributed by atoms with Crippen molar-refractivity contribution in [1.29, 1.82) is 0 Å². The van der Waals surface area contributed by atoms with Crippen LogP contribution in [0.2, 0.25) is 0 Å². The van der Waals surface area contributed by atoms with Crippen molar-refractivity contribution in [2.24, 2.45) is 10.2 Å². The number of alkyl halides is 3. The molecule has 1 aliphatic heterocycles. The molecule has 0 fully saturated rings. The van der Waals surface area contributed by atoms with Crippen LogP contribution in [0.3, 0.4) is 0 Å². The molecule has 1 aliphatic rings. The number of fused-ring (bicyclic) bond motifs is 1. The first-order valence-electron chi connectivity index (χ1n) is 9.61. The molecule has 0 spiro atoms.